The Morgan fingerprint density at radius 3 is 2.32 bits per heavy atom. The summed E-state index contributed by atoms with van der Waals surface area (Å²) in [5.41, 5.74) is 8.94. The van der Waals surface area contributed by atoms with Crippen molar-refractivity contribution in [1.29, 1.82) is 0 Å². The monoisotopic (exact) mass is 354 g/mol. The van der Waals surface area contributed by atoms with E-state index in [1.54, 1.807) is 6.07 Å². The highest BCUT2D eigenvalue weighted by Gasteiger charge is 2.21. The molecule has 0 aliphatic carbocycles. The molecule has 3 nitrogen and oxygen atoms in total. The van der Waals surface area contributed by atoms with Gasteiger partial charge in [-0.2, -0.15) is 0 Å². The number of nitrogens with zero attached hydrogens (tertiary/aromatic N) is 1. The minimum Gasteiger partial charge on any atom is -0.325 e. The number of fused-ring (bicyclic) bond motifs is 1. The van der Waals surface area contributed by atoms with Crippen LogP contribution in [0.25, 0.3) is 21.9 Å². The molecule has 0 spiro atoms. The second-order valence-electron chi connectivity index (χ2n) is 7.53. The van der Waals surface area contributed by atoms with Gasteiger partial charge in [-0.1, -0.05) is 62.7 Å². The van der Waals surface area contributed by atoms with Gasteiger partial charge in [0.25, 0.3) is 5.56 Å². The van der Waals surface area contributed by atoms with Crippen LogP contribution in [-0.4, -0.2) is 4.57 Å². The summed E-state index contributed by atoms with van der Waals surface area (Å²) < 4.78 is 1.83. The number of aromatic nitrogens is 1. The van der Waals surface area contributed by atoms with Crippen molar-refractivity contribution in [2.45, 2.75) is 33.9 Å². The summed E-state index contributed by atoms with van der Waals surface area (Å²) in [6.07, 6.45) is 0. The van der Waals surface area contributed by atoms with Crippen molar-refractivity contribution in [3.05, 3.63) is 69.6 Å². The highest BCUT2D eigenvalue weighted by Crippen LogP contribution is 2.33. The fraction of sp³-hybridized carbons (Fsp3) is 0.286. The third kappa shape index (κ3) is 3.48. The fourth-order valence-corrected chi connectivity index (χ4v) is 3.42. The number of pyridine rings is 1. The van der Waals surface area contributed by atoms with Crippen LogP contribution in [0.4, 0.5) is 0 Å². The van der Waals surface area contributed by atoms with Gasteiger partial charge in [-0.05, 0) is 34.6 Å². The van der Waals surface area contributed by atoms with Crippen LogP contribution in [0.3, 0.4) is 0 Å². The number of rotatable bonds is 3. The lowest BCUT2D eigenvalue weighted by Crippen LogP contribution is -2.31. The van der Waals surface area contributed by atoms with Gasteiger partial charge in [0, 0.05) is 34.8 Å². The van der Waals surface area contributed by atoms with Crippen molar-refractivity contribution in [3.8, 4) is 11.1 Å². The van der Waals surface area contributed by atoms with E-state index in [2.05, 4.69) is 20.8 Å². The van der Waals surface area contributed by atoms with E-state index in [0.717, 1.165) is 22.2 Å². The Morgan fingerprint density at radius 1 is 1.04 bits per heavy atom. The van der Waals surface area contributed by atoms with E-state index in [9.17, 15) is 4.79 Å². The molecule has 0 aliphatic rings. The highest BCUT2D eigenvalue weighted by atomic mass is 35.5. The molecule has 0 aliphatic heterocycles. The summed E-state index contributed by atoms with van der Waals surface area (Å²) in [6.45, 7) is 7.25. The molecule has 0 radical (unpaired) electrons. The van der Waals surface area contributed by atoms with Crippen molar-refractivity contribution in [2.75, 3.05) is 0 Å². The van der Waals surface area contributed by atoms with Crippen molar-refractivity contribution >= 4 is 22.4 Å². The Morgan fingerprint density at radius 2 is 1.72 bits per heavy atom. The zero-order valence-electron chi connectivity index (χ0n) is 14.8. The van der Waals surface area contributed by atoms with Gasteiger partial charge in [0.15, 0.2) is 0 Å². The van der Waals surface area contributed by atoms with Gasteiger partial charge in [0.05, 0.1) is 0 Å². The molecule has 0 atom stereocenters. The van der Waals surface area contributed by atoms with Crippen molar-refractivity contribution in [2.24, 2.45) is 11.1 Å². The highest BCUT2D eigenvalue weighted by molar-refractivity contribution is 6.31. The maximum absolute atomic E-state index is 13.1. The molecule has 3 rings (SSSR count). The van der Waals surface area contributed by atoms with Gasteiger partial charge in [-0.3, -0.25) is 4.79 Å². The summed E-state index contributed by atoms with van der Waals surface area (Å²) >= 11 is 6.23. The molecule has 25 heavy (non-hydrogen) atoms. The van der Waals surface area contributed by atoms with Crippen LogP contribution in [0, 0.1) is 5.41 Å². The van der Waals surface area contributed by atoms with Crippen molar-refractivity contribution in [1.82, 2.24) is 4.57 Å². The van der Waals surface area contributed by atoms with Gasteiger partial charge in [0.1, 0.15) is 0 Å². The minimum atomic E-state index is -0.0399. The number of halogens is 1. The van der Waals surface area contributed by atoms with E-state index in [0.29, 0.717) is 17.0 Å². The molecule has 130 valence electrons. The summed E-state index contributed by atoms with van der Waals surface area (Å²) in [5.74, 6) is 0. The smallest absolute Gasteiger partial charge is 0.258 e. The van der Waals surface area contributed by atoms with Crippen LogP contribution >= 0.6 is 11.6 Å². The Labute approximate surface area is 153 Å². The van der Waals surface area contributed by atoms with E-state index in [1.165, 1.54) is 0 Å². The molecular weight excluding hydrogens is 332 g/mol. The molecule has 0 fully saturated rings. The largest absolute Gasteiger partial charge is 0.325 e. The van der Waals surface area contributed by atoms with E-state index in [1.807, 2.05) is 47.0 Å². The van der Waals surface area contributed by atoms with Crippen LogP contribution in [0.5, 0.6) is 0 Å². The van der Waals surface area contributed by atoms with E-state index >= 15 is 0 Å². The minimum absolute atomic E-state index is 0.0123. The summed E-state index contributed by atoms with van der Waals surface area (Å²) in [5, 5.41) is 2.14. The first-order chi connectivity index (χ1) is 11.8. The summed E-state index contributed by atoms with van der Waals surface area (Å²) in [4.78, 5) is 13.1. The van der Waals surface area contributed by atoms with Gasteiger partial charge < -0.3 is 10.3 Å². The molecular formula is C21H23ClN2O. The van der Waals surface area contributed by atoms with Crippen LogP contribution in [0.2, 0.25) is 5.02 Å². The summed E-state index contributed by atoms with van der Waals surface area (Å²) in [6, 6.07) is 15.5. The van der Waals surface area contributed by atoms with E-state index in [-0.39, 0.29) is 17.5 Å². The van der Waals surface area contributed by atoms with E-state index < -0.39 is 0 Å². The lowest BCUT2D eigenvalue weighted by atomic mass is 9.93. The molecule has 0 saturated carbocycles. The third-order valence-electron chi connectivity index (χ3n) is 4.23. The Balaban J connectivity index is 2.48. The number of hydrogen-bond acceptors (Lipinski definition) is 2. The number of benzene rings is 2. The van der Waals surface area contributed by atoms with Gasteiger partial charge in [-0.25, -0.2) is 0 Å². The van der Waals surface area contributed by atoms with Gasteiger partial charge >= 0.3 is 0 Å². The summed E-state index contributed by atoms with van der Waals surface area (Å²) in [7, 11) is 0. The van der Waals surface area contributed by atoms with Crippen LogP contribution in [-0.2, 0) is 13.1 Å². The zero-order chi connectivity index (χ0) is 18.2. The molecule has 0 amide bonds. The average Bonchev–Trinajstić information content (AvgIpc) is 2.56. The predicted molar refractivity (Wildman–Crippen MR) is 106 cm³/mol. The van der Waals surface area contributed by atoms with Gasteiger partial charge in [-0.15, -0.1) is 0 Å². The number of nitrogens with two attached hydrogens (primary N) is 1. The maximum Gasteiger partial charge on any atom is 0.258 e. The molecule has 0 bridgehead atoms. The molecule has 2 aromatic carbocycles. The molecule has 0 unspecified atom stereocenters. The second kappa shape index (κ2) is 6.66. The van der Waals surface area contributed by atoms with Crippen molar-refractivity contribution < 1.29 is 0 Å². The molecule has 4 heteroatoms. The van der Waals surface area contributed by atoms with Crippen LogP contribution in [0.15, 0.2) is 53.3 Å². The Kier molecular flexibility index (Phi) is 4.72. The standard InChI is InChI=1S/C21H23ClN2O/c1-21(2,3)13-24-18(12-23)19(14-7-5-4-6-8-14)17-11-15(22)9-10-16(17)20(24)25/h4-11H,12-13,23H2,1-3H3. The molecule has 1 aromatic heterocycles. The average molecular weight is 355 g/mol. The third-order valence-corrected chi connectivity index (χ3v) is 4.46. The molecule has 3 aromatic rings. The maximum atomic E-state index is 13.1. The molecule has 2 N–H and O–H groups in total. The number of hydrogen-bond donors (Lipinski definition) is 1. The topological polar surface area (TPSA) is 48.0 Å². The Hall–Kier alpha value is -2.10. The predicted octanol–water partition coefficient (Wildman–Crippen LogP) is 4.83. The molecule has 1 heterocycles. The first-order valence-corrected chi connectivity index (χ1v) is 8.80. The molecule has 0 saturated heterocycles. The van der Waals surface area contributed by atoms with Crippen LogP contribution < -0.4 is 11.3 Å². The fourth-order valence-electron chi connectivity index (χ4n) is 3.25. The van der Waals surface area contributed by atoms with E-state index in [4.69, 9.17) is 17.3 Å². The van der Waals surface area contributed by atoms with Gasteiger partial charge in [0.2, 0.25) is 0 Å². The zero-order valence-corrected chi connectivity index (χ0v) is 15.6. The second-order valence-corrected chi connectivity index (χ2v) is 7.97. The quantitative estimate of drug-likeness (QED) is 0.732. The van der Waals surface area contributed by atoms with Crippen molar-refractivity contribution in [3.63, 3.8) is 0 Å². The SMILES string of the molecule is CC(C)(C)Cn1c(CN)c(-c2ccccc2)c2cc(Cl)ccc2c1=O. The first kappa shape index (κ1) is 17.7. The van der Waals surface area contributed by atoms with Crippen LogP contribution in [0.1, 0.15) is 26.5 Å². The normalized spacial score (nSPS) is 11.9. The Bertz CT molecular complexity index is 969. The lowest BCUT2D eigenvalue weighted by molar-refractivity contribution is 0.334. The first-order valence-electron chi connectivity index (χ1n) is 8.42. The lowest BCUT2D eigenvalue weighted by Gasteiger charge is -2.25.